The number of hydrogen-bond acceptors (Lipinski definition) is 2. The number of nitrogens with zero attached hydrogens (tertiary/aromatic N) is 3. The zero-order valence-electron chi connectivity index (χ0n) is 38.8. The third-order valence-corrected chi connectivity index (χ3v) is 13.6. The van der Waals surface area contributed by atoms with Crippen LogP contribution in [0, 0.1) is 0 Å². The van der Waals surface area contributed by atoms with Crippen LogP contribution in [0.3, 0.4) is 0 Å². The van der Waals surface area contributed by atoms with Crippen molar-refractivity contribution in [3.05, 3.63) is 168 Å². The van der Waals surface area contributed by atoms with Crippen LogP contribution in [-0.2, 0) is 21.7 Å². The summed E-state index contributed by atoms with van der Waals surface area (Å²) < 4.78 is 2.59. The Hall–Kier alpha value is -6.00. The number of benzene rings is 7. The van der Waals surface area contributed by atoms with Gasteiger partial charge < -0.3 is 14.4 Å². The van der Waals surface area contributed by atoms with Crippen LogP contribution in [0.2, 0.25) is 0 Å². The van der Waals surface area contributed by atoms with Crippen molar-refractivity contribution in [1.82, 2.24) is 4.57 Å². The summed E-state index contributed by atoms with van der Waals surface area (Å²) in [4.78, 5) is 5.04. The minimum Gasteiger partial charge on any atom is -0.311 e. The zero-order valence-corrected chi connectivity index (χ0v) is 38.8. The van der Waals surface area contributed by atoms with Crippen LogP contribution < -0.4 is 26.2 Å². The van der Waals surface area contributed by atoms with Crippen molar-refractivity contribution < 1.29 is 0 Å². The molecule has 8 aromatic rings. The molecule has 2 aliphatic rings. The van der Waals surface area contributed by atoms with E-state index in [1.54, 1.807) is 0 Å². The topological polar surface area (TPSA) is 11.4 Å². The van der Waals surface area contributed by atoms with Gasteiger partial charge in [0.25, 0.3) is 6.71 Å². The first-order valence-electron chi connectivity index (χ1n) is 22.6. The lowest BCUT2D eigenvalue weighted by atomic mass is 9.33. The van der Waals surface area contributed by atoms with E-state index >= 15 is 0 Å². The standard InChI is InChI=1S/C58H60BN3/c1-55(2,3)37-20-27-41(28-21-37)60(42-29-22-38(23-30-42)56(4,5)6)44-35-51-53-52(36-44)62-49-19-14-13-16-45(49)46-17-15-18-47(54(46)62)59(53)48-34-40(58(10,11)12)26-33-50(48)61(51)43-31-24-39(25-32-43)57(7,8)9/h13-36H,1-12H3. The van der Waals surface area contributed by atoms with Gasteiger partial charge in [-0.2, -0.15) is 0 Å². The minimum absolute atomic E-state index is 0.0116. The highest BCUT2D eigenvalue weighted by Crippen LogP contribution is 2.47. The van der Waals surface area contributed by atoms with Gasteiger partial charge in [-0.1, -0.05) is 168 Å². The molecular formula is C58H60BN3. The van der Waals surface area contributed by atoms with E-state index in [1.807, 2.05) is 0 Å². The number of aromatic nitrogens is 1. The Morgan fingerprint density at radius 3 is 1.47 bits per heavy atom. The van der Waals surface area contributed by atoms with Gasteiger partial charge in [-0.05, 0) is 121 Å². The van der Waals surface area contributed by atoms with E-state index < -0.39 is 0 Å². The molecule has 0 N–H and O–H groups in total. The predicted octanol–water partition coefficient (Wildman–Crippen LogP) is 14.1. The van der Waals surface area contributed by atoms with Crippen molar-refractivity contribution in [3.8, 4) is 5.69 Å². The SMILES string of the molecule is CC(C)(C)c1ccc(N(c2ccc(C(C)(C)C)cc2)c2cc3c4c(c2)-n2c5ccccc5c5cccc(c52)B4c2cc(C(C)(C)C)ccc2N3c2ccc(C(C)(C)C)cc2)cc1. The van der Waals surface area contributed by atoms with Gasteiger partial charge >= 0.3 is 0 Å². The van der Waals surface area contributed by atoms with Crippen molar-refractivity contribution in [1.29, 1.82) is 0 Å². The molecule has 0 bridgehead atoms. The molecule has 0 radical (unpaired) electrons. The summed E-state index contributed by atoms with van der Waals surface area (Å²) in [5.74, 6) is 0. The molecule has 0 aliphatic carbocycles. The molecule has 0 atom stereocenters. The molecule has 4 heteroatoms. The van der Waals surface area contributed by atoms with Crippen molar-refractivity contribution in [2.24, 2.45) is 0 Å². The summed E-state index contributed by atoms with van der Waals surface area (Å²) >= 11 is 0. The average Bonchev–Trinajstić information content (AvgIpc) is 3.56. The fourth-order valence-electron chi connectivity index (χ4n) is 10.1. The van der Waals surface area contributed by atoms with Crippen molar-refractivity contribution >= 4 is 79.0 Å². The summed E-state index contributed by atoms with van der Waals surface area (Å²) in [5.41, 5.74) is 20.3. The Labute approximate surface area is 370 Å². The molecule has 0 amide bonds. The highest BCUT2D eigenvalue weighted by molar-refractivity contribution is 7.00. The van der Waals surface area contributed by atoms with Gasteiger partial charge in [0.1, 0.15) is 0 Å². The Morgan fingerprint density at radius 1 is 0.403 bits per heavy atom. The number of rotatable bonds is 4. The molecule has 0 saturated heterocycles. The van der Waals surface area contributed by atoms with E-state index in [2.05, 4.69) is 243 Å². The summed E-state index contributed by atoms with van der Waals surface area (Å²) in [5, 5.41) is 2.59. The molecule has 2 aliphatic heterocycles. The molecule has 3 heterocycles. The first-order chi connectivity index (χ1) is 29.3. The van der Waals surface area contributed by atoms with Gasteiger partial charge in [0.2, 0.25) is 0 Å². The summed E-state index contributed by atoms with van der Waals surface area (Å²) in [6.45, 7) is 27.7. The molecule has 310 valence electrons. The molecule has 3 nitrogen and oxygen atoms in total. The molecule has 7 aromatic carbocycles. The lowest BCUT2D eigenvalue weighted by molar-refractivity contribution is 0.590. The van der Waals surface area contributed by atoms with E-state index in [4.69, 9.17) is 0 Å². The largest absolute Gasteiger partial charge is 0.311 e. The molecular weight excluding hydrogens is 749 g/mol. The van der Waals surface area contributed by atoms with Crippen LogP contribution in [0.1, 0.15) is 105 Å². The van der Waals surface area contributed by atoms with Crippen LogP contribution in [0.25, 0.3) is 27.5 Å². The van der Waals surface area contributed by atoms with Crippen LogP contribution in [0.5, 0.6) is 0 Å². The van der Waals surface area contributed by atoms with Crippen LogP contribution in [-0.4, -0.2) is 11.3 Å². The Kier molecular flexibility index (Phi) is 8.89. The molecule has 0 spiro atoms. The van der Waals surface area contributed by atoms with E-state index in [1.165, 1.54) is 77.5 Å². The number of anilines is 6. The Bertz CT molecular complexity index is 2970. The van der Waals surface area contributed by atoms with E-state index in [-0.39, 0.29) is 28.4 Å². The second-order valence-corrected chi connectivity index (χ2v) is 22.0. The maximum absolute atomic E-state index is 2.59. The molecule has 0 fully saturated rings. The molecule has 1 aromatic heterocycles. The normalized spacial score (nSPS) is 13.7. The fourth-order valence-corrected chi connectivity index (χ4v) is 10.1. The lowest BCUT2D eigenvalue weighted by Crippen LogP contribution is -2.60. The van der Waals surface area contributed by atoms with Crippen molar-refractivity contribution in [3.63, 3.8) is 0 Å². The zero-order chi connectivity index (χ0) is 43.7. The number of hydrogen-bond donors (Lipinski definition) is 0. The number of fused-ring (bicyclic) bond motifs is 7. The highest BCUT2D eigenvalue weighted by Gasteiger charge is 2.43. The van der Waals surface area contributed by atoms with Gasteiger partial charge in [0.05, 0.1) is 11.2 Å². The van der Waals surface area contributed by atoms with E-state index in [0.29, 0.717) is 0 Å². The van der Waals surface area contributed by atoms with Crippen LogP contribution in [0.4, 0.5) is 34.1 Å². The molecule has 10 rings (SSSR count). The van der Waals surface area contributed by atoms with Gasteiger partial charge in [-0.15, -0.1) is 0 Å². The Morgan fingerprint density at radius 2 is 0.903 bits per heavy atom. The maximum Gasteiger partial charge on any atom is 0.252 e. The Balaban J connectivity index is 1.33. The van der Waals surface area contributed by atoms with Crippen molar-refractivity contribution in [2.45, 2.75) is 105 Å². The van der Waals surface area contributed by atoms with Crippen molar-refractivity contribution in [2.75, 3.05) is 9.80 Å². The molecule has 0 unspecified atom stereocenters. The monoisotopic (exact) mass is 809 g/mol. The third kappa shape index (κ3) is 6.40. The van der Waals surface area contributed by atoms with E-state index in [9.17, 15) is 0 Å². The van der Waals surface area contributed by atoms with Gasteiger partial charge in [-0.3, -0.25) is 0 Å². The quantitative estimate of drug-likeness (QED) is 0.164. The average molecular weight is 810 g/mol. The molecule has 0 saturated carbocycles. The number of para-hydroxylation sites is 2. The minimum atomic E-state index is -0.0116. The smallest absolute Gasteiger partial charge is 0.252 e. The van der Waals surface area contributed by atoms with Crippen LogP contribution >= 0.6 is 0 Å². The van der Waals surface area contributed by atoms with Gasteiger partial charge in [-0.25, -0.2) is 0 Å². The predicted molar refractivity (Wildman–Crippen MR) is 270 cm³/mol. The summed E-state index contributed by atoms with van der Waals surface area (Å²) in [6, 6.07) is 56.1. The first-order valence-corrected chi connectivity index (χ1v) is 22.6. The third-order valence-electron chi connectivity index (χ3n) is 13.6. The second kappa shape index (κ2) is 13.8. The fraction of sp³-hybridized carbons (Fsp3) is 0.276. The highest BCUT2D eigenvalue weighted by atomic mass is 15.2. The first kappa shape index (κ1) is 40.1. The summed E-state index contributed by atoms with van der Waals surface area (Å²) in [6.07, 6.45) is 0. The van der Waals surface area contributed by atoms with Gasteiger partial charge in [0, 0.05) is 50.4 Å². The van der Waals surface area contributed by atoms with E-state index in [0.717, 1.165) is 22.7 Å². The summed E-state index contributed by atoms with van der Waals surface area (Å²) in [7, 11) is 0. The maximum atomic E-state index is 2.59. The molecule has 62 heavy (non-hydrogen) atoms. The second-order valence-electron chi connectivity index (χ2n) is 22.0. The lowest BCUT2D eigenvalue weighted by Gasteiger charge is -2.42. The van der Waals surface area contributed by atoms with Gasteiger partial charge in [0.15, 0.2) is 0 Å². The van der Waals surface area contributed by atoms with Crippen LogP contribution in [0.15, 0.2) is 146 Å².